The van der Waals surface area contributed by atoms with Crippen LogP contribution in [0, 0.1) is 0 Å². The molecule has 0 fully saturated rings. The van der Waals surface area contributed by atoms with Crippen molar-refractivity contribution in [3.63, 3.8) is 0 Å². The second kappa shape index (κ2) is 7.53. The fourth-order valence-corrected chi connectivity index (χ4v) is 2.69. The van der Waals surface area contributed by atoms with Crippen molar-refractivity contribution in [2.75, 3.05) is 0 Å². The Morgan fingerprint density at radius 1 is 0.833 bits per heavy atom. The first kappa shape index (κ1) is 15.9. The second-order valence-corrected chi connectivity index (χ2v) is 5.97. The fourth-order valence-electron chi connectivity index (χ4n) is 2.07. The molecule has 118 valence electrons. The number of hydrogen-bond donors (Lipinski definition) is 0. The maximum atomic E-state index is 12.1. The number of ether oxygens (including phenoxy) is 1. The highest BCUT2D eigenvalue weighted by molar-refractivity contribution is 7.10. The molecule has 0 aliphatic rings. The highest BCUT2D eigenvalue weighted by atomic mass is 32.1. The zero-order valence-electron chi connectivity index (χ0n) is 12.7. The molecule has 0 radical (unpaired) electrons. The summed E-state index contributed by atoms with van der Waals surface area (Å²) in [6, 6.07) is 19.2. The van der Waals surface area contributed by atoms with E-state index in [1.165, 1.54) is 6.08 Å². The number of rotatable bonds is 5. The summed E-state index contributed by atoms with van der Waals surface area (Å²) in [5.41, 5.74) is 1.03. The smallest absolute Gasteiger partial charge is 0.343 e. The number of thiophene rings is 1. The molecule has 0 saturated heterocycles. The molecule has 4 heteroatoms. The Bertz CT molecular complexity index is 848. The number of carbonyl (C=O) groups is 2. The van der Waals surface area contributed by atoms with E-state index in [0.29, 0.717) is 16.9 Å². The molecule has 0 spiro atoms. The van der Waals surface area contributed by atoms with Crippen LogP contribution in [0.3, 0.4) is 0 Å². The molecule has 0 aliphatic carbocycles. The van der Waals surface area contributed by atoms with Crippen molar-refractivity contribution in [2.24, 2.45) is 0 Å². The number of hydrogen-bond acceptors (Lipinski definition) is 4. The zero-order chi connectivity index (χ0) is 16.8. The Balaban J connectivity index is 1.65. The Hall–Kier alpha value is -2.98. The van der Waals surface area contributed by atoms with E-state index in [-0.39, 0.29) is 5.78 Å². The number of benzene rings is 2. The maximum absolute atomic E-state index is 12.1. The van der Waals surface area contributed by atoms with Gasteiger partial charge in [0, 0.05) is 10.4 Å². The van der Waals surface area contributed by atoms with Gasteiger partial charge in [-0.2, -0.15) is 0 Å². The minimum atomic E-state index is -0.424. The van der Waals surface area contributed by atoms with Gasteiger partial charge in [0.2, 0.25) is 0 Å². The number of esters is 1. The molecule has 24 heavy (non-hydrogen) atoms. The molecule has 0 aliphatic heterocycles. The monoisotopic (exact) mass is 334 g/mol. The Kier molecular flexibility index (Phi) is 4.99. The van der Waals surface area contributed by atoms with E-state index in [4.69, 9.17) is 4.74 Å². The molecular formula is C20H14O3S. The predicted molar refractivity (Wildman–Crippen MR) is 95.5 cm³/mol. The van der Waals surface area contributed by atoms with Crippen molar-refractivity contribution >= 4 is 29.2 Å². The molecule has 0 N–H and O–H groups in total. The second-order valence-electron chi connectivity index (χ2n) is 4.99. The first-order valence-electron chi connectivity index (χ1n) is 7.35. The summed E-state index contributed by atoms with van der Waals surface area (Å²) >= 11 is 1.57. The van der Waals surface area contributed by atoms with Crippen molar-refractivity contribution < 1.29 is 14.3 Å². The highest BCUT2D eigenvalue weighted by Crippen LogP contribution is 2.16. The largest absolute Gasteiger partial charge is 0.423 e. The number of allylic oxidation sites excluding steroid dienone is 1. The molecule has 0 atom stereocenters. The van der Waals surface area contributed by atoms with Gasteiger partial charge in [0.1, 0.15) is 5.75 Å². The quantitative estimate of drug-likeness (QED) is 0.289. The van der Waals surface area contributed by atoms with E-state index < -0.39 is 5.97 Å². The summed E-state index contributed by atoms with van der Waals surface area (Å²) in [4.78, 5) is 25.1. The minimum absolute atomic E-state index is 0.0932. The third kappa shape index (κ3) is 4.06. The van der Waals surface area contributed by atoms with Gasteiger partial charge in [-0.1, -0.05) is 24.3 Å². The normalized spacial score (nSPS) is 10.7. The average molecular weight is 334 g/mol. The molecule has 2 aromatic carbocycles. The van der Waals surface area contributed by atoms with Gasteiger partial charge in [-0.3, -0.25) is 4.79 Å². The molecule has 3 aromatic rings. The third-order valence-electron chi connectivity index (χ3n) is 3.30. The molecule has 1 heterocycles. The molecule has 0 amide bonds. The topological polar surface area (TPSA) is 43.4 Å². The van der Waals surface area contributed by atoms with E-state index in [1.807, 2.05) is 23.6 Å². The summed E-state index contributed by atoms with van der Waals surface area (Å²) in [7, 11) is 0. The van der Waals surface area contributed by atoms with Gasteiger partial charge < -0.3 is 4.74 Å². The lowest BCUT2D eigenvalue weighted by atomic mass is 10.1. The van der Waals surface area contributed by atoms with Gasteiger partial charge in [-0.15, -0.1) is 11.3 Å². The van der Waals surface area contributed by atoms with Crippen LogP contribution in [-0.4, -0.2) is 11.8 Å². The molecule has 0 unspecified atom stereocenters. The van der Waals surface area contributed by atoms with Gasteiger partial charge in [0.05, 0.1) is 5.56 Å². The zero-order valence-corrected chi connectivity index (χ0v) is 13.5. The number of carbonyl (C=O) groups excluding carboxylic acids is 2. The van der Waals surface area contributed by atoms with Crippen molar-refractivity contribution in [1.82, 2.24) is 0 Å². The molecule has 0 saturated carbocycles. The van der Waals surface area contributed by atoms with Crippen LogP contribution in [0.4, 0.5) is 0 Å². The van der Waals surface area contributed by atoms with E-state index in [2.05, 4.69) is 0 Å². The van der Waals surface area contributed by atoms with E-state index in [1.54, 1.807) is 65.9 Å². The van der Waals surface area contributed by atoms with E-state index in [0.717, 1.165) is 4.88 Å². The van der Waals surface area contributed by atoms with Crippen molar-refractivity contribution in [2.45, 2.75) is 0 Å². The van der Waals surface area contributed by atoms with Crippen LogP contribution in [0.15, 0.2) is 78.2 Å². The van der Waals surface area contributed by atoms with E-state index in [9.17, 15) is 9.59 Å². The van der Waals surface area contributed by atoms with Gasteiger partial charge in [0.25, 0.3) is 0 Å². The fraction of sp³-hybridized carbons (Fsp3) is 0. The Morgan fingerprint density at radius 3 is 2.25 bits per heavy atom. The molecule has 3 rings (SSSR count). The van der Waals surface area contributed by atoms with Gasteiger partial charge in [0.15, 0.2) is 5.78 Å². The standard InChI is InChI=1S/C20H14O3S/c21-19(13-12-18-7-4-14-24-18)15-8-10-17(11-9-15)23-20(22)16-5-2-1-3-6-16/h1-14H/b13-12+. The Morgan fingerprint density at radius 2 is 1.58 bits per heavy atom. The van der Waals surface area contributed by atoms with Crippen molar-refractivity contribution in [3.8, 4) is 5.75 Å². The lowest BCUT2D eigenvalue weighted by molar-refractivity contribution is 0.0734. The molecular weight excluding hydrogens is 320 g/mol. The molecule has 0 bridgehead atoms. The lowest BCUT2D eigenvalue weighted by Gasteiger charge is -2.04. The van der Waals surface area contributed by atoms with Crippen molar-refractivity contribution in [3.05, 3.63) is 94.2 Å². The summed E-state index contributed by atoms with van der Waals surface area (Å²) in [5, 5.41) is 1.96. The summed E-state index contributed by atoms with van der Waals surface area (Å²) in [6.07, 6.45) is 3.33. The van der Waals surface area contributed by atoms with Crippen LogP contribution in [0.1, 0.15) is 25.6 Å². The highest BCUT2D eigenvalue weighted by Gasteiger charge is 2.08. The van der Waals surface area contributed by atoms with Crippen molar-refractivity contribution in [1.29, 1.82) is 0 Å². The maximum Gasteiger partial charge on any atom is 0.343 e. The van der Waals surface area contributed by atoms with Crippen LogP contribution in [-0.2, 0) is 0 Å². The summed E-state index contributed by atoms with van der Waals surface area (Å²) in [5.74, 6) is -0.112. The van der Waals surface area contributed by atoms with Crippen LogP contribution >= 0.6 is 11.3 Å². The lowest BCUT2D eigenvalue weighted by Crippen LogP contribution is -2.08. The van der Waals surface area contributed by atoms with E-state index >= 15 is 0 Å². The third-order valence-corrected chi connectivity index (χ3v) is 4.14. The van der Waals surface area contributed by atoms with Crippen LogP contribution in [0.25, 0.3) is 6.08 Å². The minimum Gasteiger partial charge on any atom is -0.423 e. The van der Waals surface area contributed by atoms with Crippen LogP contribution < -0.4 is 4.74 Å². The van der Waals surface area contributed by atoms with Gasteiger partial charge in [-0.25, -0.2) is 4.79 Å². The Labute approximate surface area is 143 Å². The first-order valence-corrected chi connectivity index (χ1v) is 8.23. The number of ketones is 1. The molecule has 1 aromatic heterocycles. The molecule has 3 nitrogen and oxygen atoms in total. The first-order chi connectivity index (χ1) is 11.7. The van der Waals surface area contributed by atoms with Gasteiger partial charge >= 0.3 is 5.97 Å². The van der Waals surface area contributed by atoms with Gasteiger partial charge in [-0.05, 0) is 60.0 Å². The average Bonchev–Trinajstić information content (AvgIpc) is 3.14. The summed E-state index contributed by atoms with van der Waals surface area (Å²) in [6.45, 7) is 0. The van der Waals surface area contributed by atoms with Crippen LogP contribution in [0.5, 0.6) is 5.75 Å². The van der Waals surface area contributed by atoms with Crippen LogP contribution in [0.2, 0.25) is 0 Å². The predicted octanol–water partition coefficient (Wildman–Crippen LogP) is 4.86. The summed E-state index contributed by atoms with van der Waals surface area (Å²) < 4.78 is 5.29. The SMILES string of the molecule is O=C(/C=C/c1cccs1)c1ccc(OC(=O)c2ccccc2)cc1.